The quantitative estimate of drug-likeness (QED) is 0.911. The molecule has 0 spiro atoms. The minimum atomic E-state index is -3.92. The summed E-state index contributed by atoms with van der Waals surface area (Å²) < 4.78 is 56.6. The number of carbonyl (C=O) groups is 1. The van der Waals surface area contributed by atoms with E-state index in [0.29, 0.717) is 18.4 Å². The molecule has 0 aliphatic heterocycles. The molecule has 0 unspecified atom stereocenters. The average Bonchev–Trinajstić information content (AvgIpc) is 2.49. The topological polar surface area (TPSA) is 96.3 Å². The number of hydrogen-bond donors (Lipinski definition) is 1. The molecule has 1 N–H and O–H groups in total. The Morgan fingerprint density at radius 1 is 1.21 bits per heavy atom. The largest absolute Gasteiger partial charge is 0.454 e. The van der Waals surface area contributed by atoms with Gasteiger partial charge in [0.15, 0.2) is 11.6 Å². The lowest BCUT2D eigenvalue weighted by Gasteiger charge is -2.10. The van der Waals surface area contributed by atoms with Crippen LogP contribution in [-0.2, 0) is 10.0 Å². The fraction of sp³-hybridized carbons (Fsp3) is 0.0667. The number of nitrogens with zero attached hydrogens (tertiary/aromatic N) is 1. The molecule has 0 atom stereocenters. The van der Waals surface area contributed by atoms with E-state index < -0.39 is 38.9 Å². The van der Waals surface area contributed by atoms with Crippen molar-refractivity contribution in [2.45, 2.75) is 0 Å². The van der Waals surface area contributed by atoms with E-state index in [1.807, 2.05) is 6.07 Å². The van der Waals surface area contributed by atoms with Crippen molar-refractivity contribution in [3.8, 4) is 17.6 Å². The summed E-state index contributed by atoms with van der Waals surface area (Å²) in [6, 6.07) is 8.76. The lowest BCUT2D eigenvalue weighted by Crippen LogP contribution is -2.30. The van der Waals surface area contributed by atoms with Crippen LogP contribution in [0.5, 0.6) is 11.5 Å². The third-order valence-corrected chi connectivity index (χ3v) is 3.29. The number of rotatable bonds is 4. The van der Waals surface area contributed by atoms with Crippen LogP contribution in [0.3, 0.4) is 0 Å². The van der Waals surface area contributed by atoms with Crippen molar-refractivity contribution in [1.29, 1.82) is 5.26 Å². The summed E-state index contributed by atoms with van der Waals surface area (Å²) in [6.45, 7) is 0. The van der Waals surface area contributed by atoms with Gasteiger partial charge >= 0.3 is 0 Å². The summed E-state index contributed by atoms with van der Waals surface area (Å²) >= 11 is 0. The zero-order chi connectivity index (χ0) is 17.9. The second-order valence-corrected chi connectivity index (χ2v) is 6.46. The van der Waals surface area contributed by atoms with Gasteiger partial charge in [0, 0.05) is 6.07 Å². The maximum atomic E-state index is 14.0. The highest BCUT2D eigenvalue weighted by Gasteiger charge is 2.19. The first-order valence-corrected chi connectivity index (χ1v) is 8.28. The number of ether oxygens (including phenoxy) is 1. The van der Waals surface area contributed by atoms with Crippen LogP contribution in [0.2, 0.25) is 0 Å². The van der Waals surface area contributed by atoms with Gasteiger partial charge in [0.05, 0.1) is 23.5 Å². The van der Waals surface area contributed by atoms with E-state index in [1.54, 1.807) is 0 Å². The third-order valence-electron chi connectivity index (χ3n) is 2.74. The van der Waals surface area contributed by atoms with Gasteiger partial charge in [0.1, 0.15) is 11.6 Å². The maximum absolute atomic E-state index is 14.0. The number of benzene rings is 2. The van der Waals surface area contributed by atoms with Crippen molar-refractivity contribution in [2.24, 2.45) is 0 Å². The van der Waals surface area contributed by atoms with E-state index in [9.17, 15) is 22.0 Å². The molecule has 1 amide bonds. The van der Waals surface area contributed by atoms with E-state index >= 15 is 0 Å². The average molecular weight is 352 g/mol. The van der Waals surface area contributed by atoms with Crippen LogP contribution >= 0.6 is 0 Å². The highest BCUT2D eigenvalue weighted by molar-refractivity contribution is 7.89. The predicted molar refractivity (Wildman–Crippen MR) is 79.9 cm³/mol. The molecular formula is C15H10F2N2O4S. The van der Waals surface area contributed by atoms with Crippen molar-refractivity contribution < 1.29 is 26.7 Å². The van der Waals surface area contributed by atoms with Crippen LogP contribution in [0.25, 0.3) is 0 Å². The summed E-state index contributed by atoms with van der Waals surface area (Å²) in [5, 5.41) is 8.78. The van der Waals surface area contributed by atoms with Gasteiger partial charge in [-0.1, -0.05) is 6.07 Å². The van der Waals surface area contributed by atoms with Gasteiger partial charge in [0.2, 0.25) is 10.0 Å². The lowest BCUT2D eigenvalue weighted by atomic mass is 10.2. The molecule has 124 valence electrons. The monoisotopic (exact) mass is 352 g/mol. The molecule has 24 heavy (non-hydrogen) atoms. The Morgan fingerprint density at radius 2 is 1.92 bits per heavy atom. The Labute approximate surface area is 136 Å². The molecule has 0 aliphatic carbocycles. The second-order valence-electron chi connectivity index (χ2n) is 4.71. The number of nitrogens with one attached hydrogen (secondary N) is 1. The summed E-state index contributed by atoms with van der Waals surface area (Å²) in [5.74, 6) is -3.95. The molecular weight excluding hydrogens is 342 g/mol. The minimum Gasteiger partial charge on any atom is -0.454 e. The first-order chi connectivity index (χ1) is 11.2. The Kier molecular flexibility index (Phi) is 4.80. The van der Waals surface area contributed by atoms with Gasteiger partial charge in [0.25, 0.3) is 5.91 Å². The number of hydrogen-bond acceptors (Lipinski definition) is 5. The fourth-order valence-electron chi connectivity index (χ4n) is 1.76. The van der Waals surface area contributed by atoms with Gasteiger partial charge in [-0.05, 0) is 24.3 Å². The molecule has 0 bridgehead atoms. The number of halogens is 2. The summed E-state index contributed by atoms with van der Waals surface area (Å²) in [4.78, 5) is 11.6. The van der Waals surface area contributed by atoms with Crippen LogP contribution in [0.1, 0.15) is 15.9 Å². The van der Waals surface area contributed by atoms with Crippen LogP contribution in [0.4, 0.5) is 8.78 Å². The molecule has 0 fully saturated rings. The van der Waals surface area contributed by atoms with Crippen molar-refractivity contribution in [1.82, 2.24) is 4.72 Å². The minimum absolute atomic E-state index is 0.0979. The molecule has 0 saturated heterocycles. The smallest absolute Gasteiger partial charge is 0.267 e. The van der Waals surface area contributed by atoms with Crippen molar-refractivity contribution in [3.63, 3.8) is 0 Å². The number of nitriles is 1. The van der Waals surface area contributed by atoms with E-state index in [4.69, 9.17) is 10.00 Å². The third kappa shape index (κ3) is 4.27. The number of carbonyl (C=O) groups excluding carboxylic acids is 1. The molecule has 2 aromatic rings. The standard InChI is InChI=1S/C15H10F2N2O4S/c1-24(21,22)19-15(20)11-6-13(17)14(7-12(11)16)23-10-4-2-3-9(5-10)8-18/h2-7H,1H3,(H,19,20). The Morgan fingerprint density at radius 3 is 2.54 bits per heavy atom. The van der Waals surface area contributed by atoms with Gasteiger partial charge < -0.3 is 4.74 Å². The summed E-state index contributed by atoms with van der Waals surface area (Å²) in [5.41, 5.74) is -0.520. The van der Waals surface area contributed by atoms with E-state index in [0.717, 1.165) is 0 Å². The molecule has 0 saturated carbocycles. The number of sulfonamides is 1. The van der Waals surface area contributed by atoms with Gasteiger partial charge in [-0.2, -0.15) is 5.26 Å². The Balaban J connectivity index is 2.33. The Hall–Kier alpha value is -2.99. The SMILES string of the molecule is CS(=O)(=O)NC(=O)c1cc(F)c(Oc2cccc(C#N)c2)cc1F. The van der Waals surface area contributed by atoms with Gasteiger partial charge in [-0.25, -0.2) is 21.9 Å². The van der Waals surface area contributed by atoms with Crippen LogP contribution in [-0.4, -0.2) is 20.6 Å². The van der Waals surface area contributed by atoms with Gasteiger partial charge in [-0.3, -0.25) is 4.79 Å². The highest BCUT2D eigenvalue weighted by atomic mass is 32.2. The van der Waals surface area contributed by atoms with Crippen molar-refractivity contribution >= 4 is 15.9 Å². The Bertz CT molecular complexity index is 952. The predicted octanol–water partition coefficient (Wildman–Crippen LogP) is 2.32. The highest BCUT2D eigenvalue weighted by Crippen LogP contribution is 2.27. The molecule has 2 aromatic carbocycles. The molecule has 6 nitrogen and oxygen atoms in total. The first-order valence-electron chi connectivity index (χ1n) is 6.39. The molecule has 2 rings (SSSR count). The van der Waals surface area contributed by atoms with E-state index in [-0.39, 0.29) is 11.3 Å². The normalized spacial score (nSPS) is 10.8. The fourth-order valence-corrected chi connectivity index (χ4v) is 2.21. The summed E-state index contributed by atoms with van der Waals surface area (Å²) in [7, 11) is -3.92. The number of amides is 1. The van der Waals surface area contributed by atoms with Crippen LogP contribution in [0, 0.1) is 23.0 Å². The zero-order valence-electron chi connectivity index (χ0n) is 12.2. The molecule has 0 aliphatic rings. The van der Waals surface area contributed by atoms with Crippen molar-refractivity contribution in [2.75, 3.05) is 6.26 Å². The molecule has 0 radical (unpaired) electrons. The van der Waals surface area contributed by atoms with E-state index in [1.165, 1.54) is 29.0 Å². The van der Waals surface area contributed by atoms with Gasteiger partial charge in [-0.15, -0.1) is 0 Å². The first kappa shape index (κ1) is 17.4. The molecule has 0 aromatic heterocycles. The van der Waals surface area contributed by atoms with Crippen LogP contribution < -0.4 is 9.46 Å². The van der Waals surface area contributed by atoms with Crippen molar-refractivity contribution in [3.05, 3.63) is 59.2 Å². The zero-order valence-corrected chi connectivity index (χ0v) is 13.0. The van der Waals surface area contributed by atoms with Crippen LogP contribution in [0.15, 0.2) is 36.4 Å². The van der Waals surface area contributed by atoms with E-state index in [2.05, 4.69) is 0 Å². The second kappa shape index (κ2) is 6.64. The lowest BCUT2D eigenvalue weighted by molar-refractivity contribution is 0.0977. The molecule has 0 heterocycles. The molecule has 9 heteroatoms. The summed E-state index contributed by atoms with van der Waals surface area (Å²) in [6.07, 6.45) is 0.707. The maximum Gasteiger partial charge on any atom is 0.267 e.